The fourth-order valence-electron chi connectivity index (χ4n) is 4.52. The predicted molar refractivity (Wildman–Crippen MR) is 141 cm³/mol. The molecule has 2 atom stereocenters. The molecule has 8 nitrogen and oxygen atoms in total. The average Bonchev–Trinajstić information content (AvgIpc) is 3.33. The highest BCUT2D eigenvalue weighted by Crippen LogP contribution is 2.25. The number of ether oxygens (including phenoxy) is 1. The standard InChI is InChI=1S/C26H28N4O2.C2HF3O2/c1-17-15-30(16-18(2)32-17)22-7-4-19(5-8-22)3-6-21-13-20(9-11-27-21)25-14-23-24(29-25)10-12-28-26(23)31;3-2(4,5)1(6)7/h3-9,11,13-14,17-18,29H,10,12,15-16H2,1-2H3,(H,28,31);(H,6,7)/t17-,18+;. The van der Waals surface area contributed by atoms with E-state index in [1.807, 2.05) is 24.3 Å². The second-order valence-corrected chi connectivity index (χ2v) is 9.44. The largest absolute Gasteiger partial charge is 0.490 e. The number of nitrogens with zero attached hydrogens (tertiary/aromatic N) is 2. The van der Waals surface area contributed by atoms with Crippen molar-refractivity contribution in [2.75, 3.05) is 24.5 Å². The molecule has 1 saturated heterocycles. The van der Waals surface area contributed by atoms with Crippen molar-refractivity contribution >= 4 is 29.7 Å². The summed E-state index contributed by atoms with van der Waals surface area (Å²) in [6.45, 7) is 6.76. The molecule has 1 aromatic carbocycles. The van der Waals surface area contributed by atoms with Gasteiger partial charge in [-0.1, -0.05) is 18.2 Å². The highest BCUT2D eigenvalue weighted by molar-refractivity contribution is 5.97. The van der Waals surface area contributed by atoms with Crippen LogP contribution in [-0.2, 0) is 16.0 Å². The first-order valence-electron chi connectivity index (χ1n) is 12.4. The molecule has 4 heterocycles. The molecule has 206 valence electrons. The first-order valence-corrected chi connectivity index (χ1v) is 12.4. The Morgan fingerprint density at radius 1 is 1.10 bits per heavy atom. The van der Waals surface area contributed by atoms with Crippen molar-refractivity contribution in [3.8, 4) is 11.3 Å². The number of carbonyl (C=O) groups excluding carboxylic acids is 1. The van der Waals surface area contributed by atoms with Crippen molar-refractivity contribution in [2.45, 2.75) is 38.7 Å². The van der Waals surface area contributed by atoms with Gasteiger partial charge in [0.25, 0.3) is 5.91 Å². The van der Waals surface area contributed by atoms with Crippen LogP contribution in [0.3, 0.4) is 0 Å². The Morgan fingerprint density at radius 2 is 1.77 bits per heavy atom. The van der Waals surface area contributed by atoms with Crippen LogP contribution < -0.4 is 10.2 Å². The summed E-state index contributed by atoms with van der Waals surface area (Å²) in [7, 11) is 0. The minimum Gasteiger partial charge on any atom is -0.475 e. The number of aromatic amines is 1. The lowest BCUT2D eigenvalue weighted by molar-refractivity contribution is -0.192. The number of amides is 1. The molecule has 0 unspecified atom stereocenters. The van der Waals surface area contributed by atoms with E-state index >= 15 is 0 Å². The number of H-pyrrole nitrogens is 1. The smallest absolute Gasteiger partial charge is 0.475 e. The Balaban J connectivity index is 0.000000448. The number of carboxylic acids is 1. The Morgan fingerprint density at radius 3 is 2.38 bits per heavy atom. The summed E-state index contributed by atoms with van der Waals surface area (Å²) in [5.74, 6) is -2.76. The zero-order valence-electron chi connectivity index (χ0n) is 21.5. The number of carboxylic acid groups (broad SMARTS) is 1. The second-order valence-electron chi connectivity index (χ2n) is 9.44. The molecule has 2 aliphatic rings. The van der Waals surface area contributed by atoms with E-state index in [0.29, 0.717) is 6.54 Å². The predicted octanol–water partition coefficient (Wildman–Crippen LogP) is 4.78. The van der Waals surface area contributed by atoms with E-state index in [-0.39, 0.29) is 18.1 Å². The molecule has 2 aromatic heterocycles. The molecule has 11 heteroatoms. The average molecular weight is 543 g/mol. The van der Waals surface area contributed by atoms with Gasteiger partial charge in [0, 0.05) is 54.9 Å². The van der Waals surface area contributed by atoms with Crippen LogP contribution in [-0.4, -0.2) is 65.0 Å². The number of hydrogen-bond donors (Lipinski definition) is 3. The topological polar surface area (TPSA) is 108 Å². The number of alkyl halides is 3. The number of carbonyl (C=O) groups is 2. The van der Waals surface area contributed by atoms with Crippen LogP contribution >= 0.6 is 0 Å². The number of fused-ring (bicyclic) bond motifs is 1. The van der Waals surface area contributed by atoms with E-state index < -0.39 is 12.1 Å². The molecule has 3 N–H and O–H groups in total. The van der Waals surface area contributed by atoms with Gasteiger partial charge in [0.15, 0.2) is 0 Å². The monoisotopic (exact) mass is 542 g/mol. The summed E-state index contributed by atoms with van der Waals surface area (Å²) in [6, 6.07) is 14.5. The maximum atomic E-state index is 12.0. The third-order valence-corrected chi connectivity index (χ3v) is 6.26. The third kappa shape index (κ3) is 7.26. The molecule has 3 aromatic rings. The highest BCUT2D eigenvalue weighted by atomic mass is 19.4. The SMILES string of the molecule is C[C@@H]1CN(c2ccc(C=Cc3cc(-c4cc5c([nH]4)CCNC5=O)ccn3)cc2)C[C@H](C)O1.O=C(O)C(F)(F)F. The molecular formula is C28H29F3N4O4. The number of hydrogen-bond acceptors (Lipinski definition) is 5. The number of nitrogens with one attached hydrogen (secondary N) is 2. The van der Waals surface area contributed by atoms with Crippen LogP contribution in [0.25, 0.3) is 23.4 Å². The second kappa shape index (κ2) is 11.7. The number of anilines is 1. The maximum absolute atomic E-state index is 12.0. The lowest BCUT2D eigenvalue weighted by Gasteiger charge is -2.36. The molecule has 0 bridgehead atoms. The molecule has 0 spiro atoms. The van der Waals surface area contributed by atoms with Crippen molar-refractivity contribution in [1.82, 2.24) is 15.3 Å². The first-order chi connectivity index (χ1) is 18.5. The molecule has 0 radical (unpaired) electrons. The number of rotatable bonds is 4. The molecule has 5 rings (SSSR count). The zero-order valence-corrected chi connectivity index (χ0v) is 21.5. The first kappa shape index (κ1) is 27.9. The van der Waals surface area contributed by atoms with Gasteiger partial charge < -0.3 is 25.0 Å². The van der Waals surface area contributed by atoms with Crippen molar-refractivity contribution in [3.63, 3.8) is 0 Å². The van der Waals surface area contributed by atoms with Crippen molar-refractivity contribution in [2.24, 2.45) is 0 Å². The number of aromatic nitrogens is 2. The highest BCUT2D eigenvalue weighted by Gasteiger charge is 2.38. The number of morpholine rings is 1. The molecular weight excluding hydrogens is 513 g/mol. The van der Waals surface area contributed by atoms with Crippen LogP contribution in [0, 0.1) is 0 Å². The normalized spacial score (nSPS) is 19.2. The van der Waals surface area contributed by atoms with Crippen molar-refractivity contribution in [3.05, 3.63) is 71.2 Å². The van der Waals surface area contributed by atoms with Crippen LogP contribution in [0.15, 0.2) is 48.7 Å². The molecule has 39 heavy (non-hydrogen) atoms. The molecule has 0 aliphatic carbocycles. The lowest BCUT2D eigenvalue weighted by Crippen LogP contribution is -2.45. The van der Waals surface area contributed by atoms with Gasteiger partial charge in [-0.3, -0.25) is 9.78 Å². The lowest BCUT2D eigenvalue weighted by atomic mass is 10.1. The van der Waals surface area contributed by atoms with Crippen LogP contribution in [0.4, 0.5) is 18.9 Å². The van der Waals surface area contributed by atoms with Gasteiger partial charge in [0.1, 0.15) is 0 Å². The van der Waals surface area contributed by atoms with E-state index in [4.69, 9.17) is 14.6 Å². The zero-order chi connectivity index (χ0) is 28.2. The quantitative estimate of drug-likeness (QED) is 0.438. The number of aliphatic carboxylic acids is 1. The van der Waals surface area contributed by atoms with Crippen LogP contribution in [0.5, 0.6) is 0 Å². The Kier molecular flexibility index (Phi) is 8.39. The number of halogens is 3. The van der Waals surface area contributed by atoms with E-state index in [1.165, 1.54) is 5.69 Å². The number of pyridine rings is 1. The van der Waals surface area contributed by atoms with Crippen molar-refractivity contribution < 1.29 is 32.6 Å². The fraction of sp³-hybridized carbons (Fsp3) is 0.321. The Labute approximate surface area is 223 Å². The van der Waals surface area contributed by atoms with Gasteiger partial charge in [-0.2, -0.15) is 13.2 Å². The van der Waals surface area contributed by atoms with Gasteiger partial charge >= 0.3 is 12.1 Å². The van der Waals surface area contributed by atoms with E-state index in [9.17, 15) is 18.0 Å². The third-order valence-electron chi connectivity index (χ3n) is 6.26. The van der Waals surface area contributed by atoms with E-state index in [1.54, 1.807) is 6.20 Å². The van der Waals surface area contributed by atoms with Crippen molar-refractivity contribution in [1.29, 1.82) is 0 Å². The fourth-order valence-corrected chi connectivity index (χ4v) is 4.52. The van der Waals surface area contributed by atoms with E-state index in [2.05, 4.69) is 64.4 Å². The number of benzene rings is 1. The summed E-state index contributed by atoms with van der Waals surface area (Å²) in [6.07, 6.45) is 2.14. The van der Waals surface area contributed by atoms with Gasteiger partial charge in [-0.05, 0) is 55.8 Å². The molecule has 1 fully saturated rings. The molecule has 0 saturated carbocycles. The summed E-state index contributed by atoms with van der Waals surface area (Å²) in [5.41, 5.74) is 6.94. The molecule has 2 aliphatic heterocycles. The minimum atomic E-state index is -5.08. The minimum absolute atomic E-state index is 0.00707. The van der Waals surface area contributed by atoms with Gasteiger partial charge in [-0.25, -0.2) is 4.79 Å². The van der Waals surface area contributed by atoms with Gasteiger partial charge in [0.05, 0.1) is 23.5 Å². The van der Waals surface area contributed by atoms with Crippen LogP contribution in [0.2, 0.25) is 0 Å². The van der Waals surface area contributed by atoms with Gasteiger partial charge in [-0.15, -0.1) is 0 Å². The van der Waals surface area contributed by atoms with E-state index in [0.717, 1.165) is 53.3 Å². The summed E-state index contributed by atoms with van der Waals surface area (Å²) in [5, 5.41) is 10.0. The molecule has 1 amide bonds. The summed E-state index contributed by atoms with van der Waals surface area (Å²) < 4.78 is 37.6. The Bertz CT molecular complexity index is 1340. The van der Waals surface area contributed by atoms with Crippen LogP contribution in [0.1, 0.15) is 41.2 Å². The van der Waals surface area contributed by atoms with Gasteiger partial charge in [0.2, 0.25) is 0 Å². The Hall–Kier alpha value is -4.12. The summed E-state index contributed by atoms with van der Waals surface area (Å²) >= 11 is 0. The maximum Gasteiger partial charge on any atom is 0.490 e. The summed E-state index contributed by atoms with van der Waals surface area (Å²) in [4.78, 5) is 31.2.